The Balaban J connectivity index is 1.61. The van der Waals surface area contributed by atoms with Crippen LogP contribution in [-0.4, -0.2) is 57.6 Å². The number of nitrogens with zero attached hydrogens (tertiary/aromatic N) is 1. The number of piperidine rings is 1. The molecule has 0 spiro atoms. The van der Waals surface area contributed by atoms with Gasteiger partial charge in [0.25, 0.3) is 5.91 Å². The van der Waals surface area contributed by atoms with E-state index in [1.165, 1.54) is 12.1 Å². The lowest BCUT2D eigenvalue weighted by molar-refractivity contribution is 0.0714. The molecule has 0 bridgehead atoms. The minimum Gasteiger partial charge on any atom is -0.377 e. The van der Waals surface area contributed by atoms with Crippen molar-refractivity contribution in [3.8, 4) is 0 Å². The maximum absolute atomic E-state index is 12.5. The summed E-state index contributed by atoms with van der Waals surface area (Å²) in [6.45, 7) is 2.24. The van der Waals surface area contributed by atoms with E-state index in [1.807, 2.05) is 0 Å². The highest BCUT2D eigenvalue weighted by Crippen LogP contribution is 2.16. The van der Waals surface area contributed by atoms with E-state index in [2.05, 4.69) is 4.72 Å². The number of carbonyl (C=O) groups excluding carboxylic acids is 1. The molecule has 1 atom stereocenters. The zero-order valence-corrected chi connectivity index (χ0v) is 15.0. The average Bonchev–Trinajstić information content (AvgIpc) is 3.14. The highest BCUT2D eigenvalue weighted by molar-refractivity contribution is 7.89. The summed E-state index contributed by atoms with van der Waals surface area (Å²) < 4.78 is 32.7. The Labute approximate surface area is 148 Å². The molecule has 2 saturated heterocycles. The van der Waals surface area contributed by atoms with Crippen LogP contribution in [0.2, 0.25) is 0 Å². The Morgan fingerprint density at radius 1 is 1.20 bits per heavy atom. The van der Waals surface area contributed by atoms with Crippen LogP contribution in [0.3, 0.4) is 0 Å². The molecule has 0 radical (unpaired) electrons. The standard InChI is InChI=1S/C17H25N3O4S/c18-14-7-9-20(10-8-14)17(21)13-3-5-16(6-4-13)25(22,23)19-12-15-2-1-11-24-15/h3-6,14-15,19H,1-2,7-12,18H2. The first-order valence-electron chi connectivity index (χ1n) is 8.72. The Hall–Kier alpha value is -1.48. The number of sulfonamides is 1. The van der Waals surface area contributed by atoms with Gasteiger partial charge in [0.2, 0.25) is 10.0 Å². The van der Waals surface area contributed by atoms with E-state index in [0.29, 0.717) is 25.3 Å². The first-order chi connectivity index (χ1) is 12.0. The third kappa shape index (κ3) is 4.58. The zero-order chi connectivity index (χ0) is 17.9. The van der Waals surface area contributed by atoms with Crippen LogP contribution in [0, 0.1) is 0 Å². The van der Waals surface area contributed by atoms with Gasteiger partial charge in [-0.25, -0.2) is 13.1 Å². The van der Waals surface area contributed by atoms with Gasteiger partial charge in [0.05, 0.1) is 11.0 Å². The molecular weight excluding hydrogens is 342 g/mol. The molecule has 1 unspecified atom stereocenters. The highest BCUT2D eigenvalue weighted by atomic mass is 32.2. The van der Waals surface area contributed by atoms with E-state index >= 15 is 0 Å². The SMILES string of the molecule is NC1CCN(C(=O)c2ccc(S(=O)(=O)NCC3CCCO3)cc2)CC1. The minimum atomic E-state index is -3.59. The molecule has 3 rings (SSSR count). The first kappa shape index (κ1) is 18.3. The predicted molar refractivity (Wildman–Crippen MR) is 93.7 cm³/mol. The molecule has 25 heavy (non-hydrogen) atoms. The van der Waals surface area contributed by atoms with Gasteiger partial charge in [0.15, 0.2) is 0 Å². The van der Waals surface area contributed by atoms with Gasteiger partial charge in [-0.1, -0.05) is 0 Å². The third-order valence-corrected chi connectivity index (χ3v) is 6.20. The first-order valence-corrected chi connectivity index (χ1v) is 10.2. The van der Waals surface area contributed by atoms with E-state index in [0.717, 1.165) is 25.7 Å². The van der Waals surface area contributed by atoms with E-state index in [9.17, 15) is 13.2 Å². The quantitative estimate of drug-likeness (QED) is 0.798. The normalized spacial score (nSPS) is 22.3. The molecule has 7 nitrogen and oxygen atoms in total. The van der Waals surface area contributed by atoms with E-state index in [4.69, 9.17) is 10.5 Å². The number of rotatable bonds is 5. The molecule has 0 aliphatic carbocycles. The van der Waals surface area contributed by atoms with Gasteiger partial charge in [-0.15, -0.1) is 0 Å². The molecule has 138 valence electrons. The summed E-state index contributed by atoms with van der Waals surface area (Å²) in [4.78, 5) is 14.4. The summed E-state index contributed by atoms with van der Waals surface area (Å²) in [6, 6.07) is 6.24. The van der Waals surface area contributed by atoms with Crippen molar-refractivity contribution in [2.24, 2.45) is 5.73 Å². The summed E-state index contributed by atoms with van der Waals surface area (Å²) in [7, 11) is -3.59. The van der Waals surface area contributed by atoms with Gasteiger partial charge in [-0.3, -0.25) is 4.79 Å². The van der Waals surface area contributed by atoms with Crippen LogP contribution >= 0.6 is 0 Å². The maximum Gasteiger partial charge on any atom is 0.253 e. The lowest BCUT2D eigenvalue weighted by atomic mass is 10.1. The van der Waals surface area contributed by atoms with Gasteiger partial charge in [0, 0.05) is 37.8 Å². The Bertz CT molecular complexity index is 691. The van der Waals surface area contributed by atoms with Gasteiger partial charge in [-0.05, 0) is 49.9 Å². The summed E-state index contributed by atoms with van der Waals surface area (Å²) >= 11 is 0. The lowest BCUT2D eigenvalue weighted by Crippen LogP contribution is -2.42. The van der Waals surface area contributed by atoms with Crippen LogP contribution in [0.1, 0.15) is 36.0 Å². The fourth-order valence-corrected chi connectivity index (χ4v) is 4.22. The third-order valence-electron chi connectivity index (χ3n) is 4.76. The molecule has 1 aromatic rings. The number of carbonyl (C=O) groups is 1. The molecule has 2 aliphatic heterocycles. The fraction of sp³-hybridized carbons (Fsp3) is 0.588. The number of amides is 1. The van der Waals surface area contributed by atoms with Gasteiger partial charge in [0.1, 0.15) is 0 Å². The molecule has 2 fully saturated rings. The second-order valence-corrected chi connectivity index (χ2v) is 8.41. The van der Waals surface area contributed by atoms with Gasteiger partial charge < -0.3 is 15.4 Å². The maximum atomic E-state index is 12.5. The molecular formula is C17H25N3O4S. The van der Waals surface area contributed by atoms with Crippen LogP contribution in [0.15, 0.2) is 29.2 Å². The topological polar surface area (TPSA) is 102 Å². The van der Waals surface area contributed by atoms with Crippen LogP contribution < -0.4 is 10.5 Å². The second-order valence-electron chi connectivity index (χ2n) is 6.64. The second kappa shape index (κ2) is 7.82. The van der Waals surface area contributed by atoms with Crippen molar-refractivity contribution in [1.29, 1.82) is 0 Å². The van der Waals surface area contributed by atoms with E-state index < -0.39 is 10.0 Å². The summed E-state index contributed by atoms with van der Waals surface area (Å²) in [5, 5.41) is 0. The van der Waals surface area contributed by atoms with Crippen molar-refractivity contribution in [3.05, 3.63) is 29.8 Å². The molecule has 0 aromatic heterocycles. The number of ether oxygens (including phenoxy) is 1. The number of likely N-dealkylation sites (tertiary alicyclic amines) is 1. The Morgan fingerprint density at radius 2 is 1.88 bits per heavy atom. The number of hydrogen-bond donors (Lipinski definition) is 2. The predicted octanol–water partition coefficient (Wildman–Crippen LogP) is 0.707. The lowest BCUT2D eigenvalue weighted by Gasteiger charge is -2.30. The monoisotopic (exact) mass is 367 g/mol. The largest absolute Gasteiger partial charge is 0.377 e. The van der Waals surface area contributed by atoms with E-state index in [-0.39, 0.29) is 29.5 Å². The Morgan fingerprint density at radius 3 is 2.48 bits per heavy atom. The molecule has 8 heteroatoms. The molecule has 1 aromatic carbocycles. The smallest absolute Gasteiger partial charge is 0.253 e. The molecule has 2 heterocycles. The van der Waals surface area contributed by atoms with Crippen molar-refractivity contribution >= 4 is 15.9 Å². The van der Waals surface area contributed by atoms with Crippen molar-refractivity contribution in [3.63, 3.8) is 0 Å². The number of nitrogens with one attached hydrogen (secondary N) is 1. The number of benzene rings is 1. The summed E-state index contributed by atoms with van der Waals surface area (Å²) in [5.74, 6) is -0.0804. The Kier molecular flexibility index (Phi) is 5.73. The van der Waals surface area contributed by atoms with Crippen molar-refractivity contribution in [2.45, 2.75) is 42.7 Å². The van der Waals surface area contributed by atoms with Crippen molar-refractivity contribution in [2.75, 3.05) is 26.2 Å². The van der Waals surface area contributed by atoms with Gasteiger partial charge in [-0.2, -0.15) is 0 Å². The number of nitrogens with two attached hydrogens (primary N) is 1. The summed E-state index contributed by atoms with van der Waals surface area (Å²) in [6.07, 6.45) is 3.37. The zero-order valence-electron chi connectivity index (χ0n) is 14.2. The molecule has 3 N–H and O–H groups in total. The molecule has 2 aliphatic rings. The average molecular weight is 367 g/mol. The van der Waals surface area contributed by atoms with E-state index in [1.54, 1.807) is 17.0 Å². The van der Waals surface area contributed by atoms with Crippen LogP contribution in [0.4, 0.5) is 0 Å². The van der Waals surface area contributed by atoms with Crippen LogP contribution in [-0.2, 0) is 14.8 Å². The van der Waals surface area contributed by atoms with Crippen LogP contribution in [0.5, 0.6) is 0 Å². The number of hydrogen-bond acceptors (Lipinski definition) is 5. The fourth-order valence-electron chi connectivity index (χ4n) is 3.15. The minimum absolute atomic E-state index is 0.0545. The molecule has 0 saturated carbocycles. The summed E-state index contributed by atoms with van der Waals surface area (Å²) in [5.41, 5.74) is 6.35. The molecule has 1 amide bonds. The van der Waals surface area contributed by atoms with Crippen molar-refractivity contribution in [1.82, 2.24) is 9.62 Å². The van der Waals surface area contributed by atoms with Crippen molar-refractivity contribution < 1.29 is 17.9 Å². The highest BCUT2D eigenvalue weighted by Gasteiger charge is 2.23. The van der Waals surface area contributed by atoms with Crippen LogP contribution in [0.25, 0.3) is 0 Å². The van der Waals surface area contributed by atoms with Gasteiger partial charge >= 0.3 is 0 Å².